The Kier molecular flexibility index (Phi) is 3.70. The molecule has 2 aromatic carbocycles. The van der Waals surface area contributed by atoms with Gasteiger partial charge in [-0.25, -0.2) is 5.01 Å². The van der Waals surface area contributed by atoms with E-state index < -0.39 is 0 Å². The lowest BCUT2D eigenvalue weighted by atomic mass is 9.78. The first-order valence-corrected chi connectivity index (χ1v) is 8.74. The van der Waals surface area contributed by atoms with E-state index in [1.165, 1.54) is 12.8 Å². The van der Waals surface area contributed by atoms with Gasteiger partial charge in [0.15, 0.2) is 0 Å². The Bertz CT molecular complexity index is 762. The van der Waals surface area contributed by atoms with Crippen LogP contribution in [0.15, 0.2) is 59.7 Å². The van der Waals surface area contributed by atoms with Crippen molar-refractivity contribution in [3.8, 4) is 0 Å². The van der Waals surface area contributed by atoms with E-state index in [0.717, 1.165) is 39.8 Å². The fourth-order valence-corrected chi connectivity index (χ4v) is 4.23. The second-order valence-electron chi connectivity index (χ2n) is 6.20. The van der Waals surface area contributed by atoms with Crippen LogP contribution in [0.3, 0.4) is 0 Å². The van der Waals surface area contributed by atoms with Gasteiger partial charge in [-0.2, -0.15) is 5.10 Å². The quantitative estimate of drug-likeness (QED) is 0.675. The lowest BCUT2D eigenvalue weighted by Crippen LogP contribution is -2.36. The van der Waals surface area contributed by atoms with Gasteiger partial charge in [0, 0.05) is 5.02 Å². The summed E-state index contributed by atoms with van der Waals surface area (Å²) in [6.07, 6.45) is 4.57. The van der Waals surface area contributed by atoms with Gasteiger partial charge in [0.1, 0.15) is 4.99 Å². The van der Waals surface area contributed by atoms with Gasteiger partial charge < -0.3 is 0 Å². The van der Waals surface area contributed by atoms with Crippen LogP contribution < -0.4 is 5.01 Å². The lowest BCUT2D eigenvalue weighted by Gasteiger charge is -2.26. The summed E-state index contributed by atoms with van der Waals surface area (Å²) < 4.78 is 0. The summed E-state index contributed by atoms with van der Waals surface area (Å²) >= 11 is 11.9. The highest BCUT2D eigenvalue weighted by atomic mass is 35.5. The molecule has 4 rings (SSSR count). The number of hydrazone groups is 1. The van der Waals surface area contributed by atoms with Gasteiger partial charge in [0.2, 0.25) is 0 Å². The van der Waals surface area contributed by atoms with Gasteiger partial charge in [0.25, 0.3) is 0 Å². The number of hydrogen-bond donors (Lipinski definition) is 0. The van der Waals surface area contributed by atoms with E-state index in [0.29, 0.717) is 0 Å². The minimum Gasteiger partial charge on any atom is -0.226 e. The van der Waals surface area contributed by atoms with Crippen molar-refractivity contribution in [2.24, 2.45) is 10.5 Å². The lowest BCUT2D eigenvalue weighted by molar-refractivity contribution is 0.617. The maximum Gasteiger partial charge on any atom is 0.117 e. The number of rotatable bonds is 2. The van der Waals surface area contributed by atoms with Crippen molar-refractivity contribution in [2.75, 3.05) is 5.01 Å². The van der Waals surface area contributed by atoms with E-state index in [2.05, 4.69) is 24.3 Å². The summed E-state index contributed by atoms with van der Waals surface area (Å²) in [6.45, 7) is 0. The minimum absolute atomic E-state index is 0.0982. The molecule has 0 saturated heterocycles. The zero-order valence-corrected chi connectivity index (χ0v) is 14.3. The standard InChI is InChI=1S/C19H17ClN2S/c20-15-10-8-14(9-11-15)17-19(12-4-5-13-19)18(23)22(21-17)16-6-2-1-3-7-16/h1-3,6-11H,4-5,12-13H2. The number of benzene rings is 2. The molecule has 1 fully saturated rings. The van der Waals surface area contributed by atoms with Gasteiger partial charge >= 0.3 is 0 Å². The summed E-state index contributed by atoms with van der Waals surface area (Å²) in [7, 11) is 0. The first kappa shape index (κ1) is 14.9. The molecule has 1 aliphatic carbocycles. The smallest absolute Gasteiger partial charge is 0.117 e. The first-order chi connectivity index (χ1) is 11.2. The summed E-state index contributed by atoms with van der Waals surface area (Å²) in [5.41, 5.74) is 3.16. The SMILES string of the molecule is S=C1N(c2ccccc2)N=C(c2ccc(Cl)cc2)C12CCCC2. The zero-order valence-electron chi connectivity index (χ0n) is 12.7. The second-order valence-corrected chi connectivity index (χ2v) is 7.02. The average molecular weight is 341 g/mol. The van der Waals surface area contributed by atoms with Crippen LogP contribution >= 0.6 is 23.8 Å². The predicted octanol–water partition coefficient (Wildman–Crippen LogP) is 5.45. The van der Waals surface area contributed by atoms with Gasteiger partial charge in [-0.1, -0.05) is 67.0 Å². The molecule has 0 unspecified atom stereocenters. The average Bonchev–Trinajstić information content (AvgIpc) is 3.18. The van der Waals surface area contributed by atoms with E-state index in [1.54, 1.807) is 0 Å². The molecule has 23 heavy (non-hydrogen) atoms. The molecule has 4 heteroatoms. The highest BCUT2D eigenvalue weighted by Crippen LogP contribution is 2.48. The molecule has 1 spiro atoms. The van der Waals surface area contributed by atoms with Gasteiger partial charge in [-0.15, -0.1) is 0 Å². The second kappa shape index (κ2) is 5.73. The fourth-order valence-electron chi connectivity index (χ4n) is 3.66. The fraction of sp³-hybridized carbons (Fsp3) is 0.263. The number of anilines is 1. The van der Waals surface area contributed by atoms with Crippen molar-refractivity contribution in [1.29, 1.82) is 0 Å². The molecule has 1 aliphatic heterocycles. The number of thiocarbonyl (C=S) groups is 1. The topological polar surface area (TPSA) is 15.6 Å². The summed E-state index contributed by atoms with van der Waals surface area (Å²) in [5, 5.41) is 7.63. The van der Waals surface area contributed by atoms with Gasteiger partial charge in [-0.3, -0.25) is 0 Å². The summed E-state index contributed by atoms with van der Waals surface area (Å²) in [5.74, 6) is 0. The highest BCUT2D eigenvalue weighted by Gasteiger charge is 2.50. The van der Waals surface area contributed by atoms with Crippen LogP contribution in [-0.2, 0) is 0 Å². The van der Waals surface area contributed by atoms with Crippen LogP contribution in [0, 0.1) is 5.41 Å². The number of nitrogens with zero attached hydrogens (tertiary/aromatic N) is 2. The maximum atomic E-state index is 6.05. The Labute approximate surface area is 146 Å². The molecule has 2 aromatic rings. The number of halogens is 1. The Morgan fingerprint density at radius 1 is 0.957 bits per heavy atom. The summed E-state index contributed by atoms with van der Waals surface area (Å²) in [4.78, 5) is 0.936. The monoisotopic (exact) mass is 340 g/mol. The molecule has 0 radical (unpaired) electrons. The molecular formula is C19H17ClN2S. The highest BCUT2D eigenvalue weighted by molar-refractivity contribution is 7.80. The van der Waals surface area contributed by atoms with E-state index in [-0.39, 0.29) is 5.41 Å². The third kappa shape index (κ3) is 2.39. The van der Waals surface area contributed by atoms with Crippen LogP contribution in [0.2, 0.25) is 5.02 Å². The van der Waals surface area contributed by atoms with E-state index >= 15 is 0 Å². The molecule has 0 aromatic heterocycles. The first-order valence-electron chi connectivity index (χ1n) is 7.95. The van der Waals surface area contributed by atoms with Crippen LogP contribution in [-0.4, -0.2) is 10.7 Å². The van der Waals surface area contributed by atoms with Crippen molar-refractivity contribution in [3.63, 3.8) is 0 Å². The number of hydrogen-bond acceptors (Lipinski definition) is 2. The molecule has 2 nitrogen and oxygen atoms in total. The molecule has 0 bridgehead atoms. The van der Waals surface area contributed by atoms with Crippen molar-refractivity contribution in [3.05, 3.63) is 65.2 Å². The molecule has 1 saturated carbocycles. The molecule has 2 aliphatic rings. The van der Waals surface area contributed by atoms with Gasteiger partial charge in [0.05, 0.1) is 16.8 Å². The van der Waals surface area contributed by atoms with Crippen LogP contribution in [0.4, 0.5) is 5.69 Å². The zero-order chi connectivity index (χ0) is 15.9. The van der Waals surface area contributed by atoms with Crippen LogP contribution in [0.1, 0.15) is 31.2 Å². The van der Waals surface area contributed by atoms with E-state index in [4.69, 9.17) is 28.9 Å². The van der Waals surface area contributed by atoms with Crippen molar-refractivity contribution < 1.29 is 0 Å². The minimum atomic E-state index is -0.0982. The largest absolute Gasteiger partial charge is 0.226 e. The number of para-hydroxylation sites is 1. The van der Waals surface area contributed by atoms with Crippen LogP contribution in [0.5, 0.6) is 0 Å². The Morgan fingerprint density at radius 3 is 2.26 bits per heavy atom. The summed E-state index contributed by atoms with van der Waals surface area (Å²) in [6, 6.07) is 18.1. The molecule has 0 atom stereocenters. The molecule has 0 N–H and O–H groups in total. The Balaban J connectivity index is 1.83. The molecular weight excluding hydrogens is 324 g/mol. The Hall–Kier alpha value is -1.71. The molecule has 1 heterocycles. The normalized spacial score (nSPS) is 19.4. The maximum absolute atomic E-state index is 6.05. The third-order valence-corrected chi connectivity index (χ3v) is 5.65. The van der Waals surface area contributed by atoms with Crippen molar-refractivity contribution in [2.45, 2.75) is 25.7 Å². The molecule has 116 valence electrons. The van der Waals surface area contributed by atoms with Crippen molar-refractivity contribution >= 4 is 40.2 Å². The predicted molar refractivity (Wildman–Crippen MR) is 100 cm³/mol. The third-order valence-electron chi connectivity index (χ3n) is 4.83. The van der Waals surface area contributed by atoms with Gasteiger partial charge in [-0.05, 0) is 42.7 Å². The Morgan fingerprint density at radius 2 is 1.61 bits per heavy atom. The molecule has 0 amide bonds. The van der Waals surface area contributed by atoms with E-state index in [1.807, 2.05) is 35.3 Å². The van der Waals surface area contributed by atoms with Crippen molar-refractivity contribution in [1.82, 2.24) is 0 Å². The van der Waals surface area contributed by atoms with E-state index in [9.17, 15) is 0 Å². The van der Waals surface area contributed by atoms with Crippen LogP contribution in [0.25, 0.3) is 0 Å².